The molecule has 0 amide bonds. The average molecular weight is 474 g/mol. The SMILES string of the molecule is COCOc1cc(N2C3CC4CC2CC(C3)O4)cc2c1[C@@H]1C[C@@H](OCOC)CC[C@H]1C(C)(C)O2. The van der Waals surface area contributed by atoms with Crippen molar-refractivity contribution in [1.29, 1.82) is 0 Å². The number of piperidine rings is 2. The molecule has 7 heteroatoms. The van der Waals surface area contributed by atoms with Gasteiger partial charge in [-0.2, -0.15) is 0 Å². The molecular formula is C27H39NO6. The maximum Gasteiger partial charge on any atom is 0.188 e. The summed E-state index contributed by atoms with van der Waals surface area (Å²) in [5.41, 5.74) is 2.16. The van der Waals surface area contributed by atoms with E-state index >= 15 is 0 Å². The number of ether oxygens (including phenoxy) is 6. The lowest BCUT2D eigenvalue weighted by Gasteiger charge is -2.57. The summed E-state index contributed by atoms with van der Waals surface area (Å²) in [5.74, 6) is 2.60. The largest absolute Gasteiger partial charge is 0.487 e. The number of benzene rings is 1. The Labute approximate surface area is 203 Å². The third-order valence-corrected chi connectivity index (χ3v) is 8.89. The molecule has 1 aromatic carbocycles. The molecule has 0 aromatic heterocycles. The lowest BCUT2D eigenvalue weighted by molar-refractivity contribution is -0.120. The second kappa shape index (κ2) is 8.84. The Hall–Kier alpha value is -1.54. The second-order valence-electron chi connectivity index (χ2n) is 11.4. The van der Waals surface area contributed by atoms with E-state index in [0.29, 0.717) is 42.9 Å². The first-order chi connectivity index (χ1) is 16.5. The van der Waals surface area contributed by atoms with Gasteiger partial charge in [-0.1, -0.05) is 0 Å². The van der Waals surface area contributed by atoms with Gasteiger partial charge in [-0.3, -0.25) is 0 Å². The smallest absolute Gasteiger partial charge is 0.188 e. The Balaban J connectivity index is 1.38. The summed E-state index contributed by atoms with van der Waals surface area (Å²) < 4.78 is 35.8. The number of anilines is 1. The molecule has 3 atom stereocenters. The van der Waals surface area contributed by atoms with Crippen molar-refractivity contribution in [3.05, 3.63) is 17.7 Å². The molecule has 5 aliphatic heterocycles. The Morgan fingerprint density at radius 3 is 2.32 bits per heavy atom. The van der Waals surface area contributed by atoms with Gasteiger partial charge in [0, 0.05) is 61.5 Å². The van der Waals surface area contributed by atoms with Crippen LogP contribution >= 0.6 is 0 Å². The quantitative estimate of drug-likeness (QED) is 0.536. The van der Waals surface area contributed by atoms with Crippen LogP contribution in [0.25, 0.3) is 0 Å². The molecule has 188 valence electrons. The van der Waals surface area contributed by atoms with Crippen molar-refractivity contribution in [3.63, 3.8) is 0 Å². The van der Waals surface area contributed by atoms with Gasteiger partial charge < -0.3 is 33.3 Å². The van der Waals surface area contributed by atoms with Gasteiger partial charge in [0.15, 0.2) is 6.79 Å². The fourth-order valence-electron chi connectivity index (χ4n) is 7.65. The van der Waals surface area contributed by atoms with Crippen molar-refractivity contribution in [1.82, 2.24) is 0 Å². The molecule has 0 radical (unpaired) electrons. The van der Waals surface area contributed by atoms with Crippen LogP contribution < -0.4 is 14.4 Å². The minimum Gasteiger partial charge on any atom is -0.487 e. The zero-order chi connectivity index (χ0) is 23.4. The van der Waals surface area contributed by atoms with Crippen molar-refractivity contribution in [2.45, 2.75) is 101 Å². The molecule has 5 heterocycles. The Bertz CT molecular complexity index is 875. The van der Waals surface area contributed by atoms with Crippen LogP contribution in [0.1, 0.15) is 70.3 Å². The predicted molar refractivity (Wildman–Crippen MR) is 128 cm³/mol. The molecule has 4 bridgehead atoms. The minimum absolute atomic E-state index is 0.186. The van der Waals surface area contributed by atoms with Crippen LogP contribution in [0, 0.1) is 5.92 Å². The van der Waals surface area contributed by atoms with E-state index < -0.39 is 0 Å². The third kappa shape index (κ3) is 3.89. The van der Waals surface area contributed by atoms with Gasteiger partial charge in [0.1, 0.15) is 23.9 Å². The molecule has 1 aliphatic carbocycles. The van der Waals surface area contributed by atoms with Crippen LogP contribution in [0.4, 0.5) is 5.69 Å². The minimum atomic E-state index is -0.242. The van der Waals surface area contributed by atoms with Crippen molar-refractivity contribution in [3.8, 4) is 11.5 Å². The van der Waals surface area contributed by atoms with Gasteiger partial charge in [0.25, 0.3) is 0 Å². The monoisotopic (exact) mass is 473 g/mol. The first-order valence-corrected chi connectivity index (χ1v) is 13.0. The summed E-state index contributed by atoms with van der Waals surface area (Å²) >= 11 is 0. The Morgan fingerprint density at radius 1 is 0.941 bits per heavy atom. The van der Waals surface area contributed by atoms with Crippen molar-refractivity contribution in [2.75, 3.05) is 32.7 Å². The molecule has 5 fully saturated rings. The zero-order valence-electron chi connectivity index (χ0n) is 21.0. The molecule has 0 spiro atoms. The van der Waals surface area contributed by atoms with Crippen LogP contribution in [0.15, 0.2) is 12.1 Å². The first-order valence-electron chi connectivity index (χ1n) is 13.0. The summed E-state index contributed by atoms with van der Waals surface area (Å²) in [6.45, 7) is 5.05. The van der Waals surface area contributed by atoms with E-state index in [4.69, 9.17) is 28.4 Å². The summed E-state index contributed by atoms with van der Waals surface area (Å²) in [6, 6.07) is 5.61. The van der Waals surface area contributed by atoms with Gasteiger partial charge in [0.05, 0.1) is 18.3 Å². The van der Waals surface area contributed by atoms with E-state index in [2.05, 4.69) is 30.9 Å². The molecule has 0 N–H and O–H groups in total. The van der Waals surface area contributed by atoms with E-state index in [9.17, 15) is 0 Å². The van der Waals surface area contributed by atoms with Crippen LogP contribution in [0.2, 0.25) is 0 Å². The molecule has 7 nitrogen and oxygen atoms in total. The fourth-order valence-corrected chi connectivity index (χ4v) is 7.65. The normalized spacial score (nSPS) is 37.2. The molecule has 4 saturated heterocycles. The highest BCUT2D eigenvalue weighted by molar-refractivity contribution is 5.64. The molecule has 6 aliphatic rings. The van der Waals surface area contributed by atoms with Crippen molar-refractivity contribution in [2.24, 2.45) is 5.92 Å². The number of nitrogens with zero attached hydrogens (tertiary/aromatic N) is 1. The van der Waals surface area contributed by atoms with Gasteiger partial charge in [-0.15, -0.1) is 0 Å². The number of hydrogen-bond donors (Lipinski definition) is 0. The Morgan fingerprint density at radius 2 is 1.65 bits per heavy atom. The van der Waals surface area contributed by atoms with E-state index in [1.807, 2.05) is 0 Å². The number of hydrogen-bond acceptors (Lipinski definition) is 7. The van der Waals surface area contributed by atoms with E-state index in [1.54, 1.807) is 14.2 Å². The highest BCUT2D eigenvalue weighted by Crippen LogP contribution is 2.56. The standard InChI is InChI=1S/C27H39NO6/c1-27(2)23-6-5-19(31-14-29-3)13-22(23)26-24(32-15-30-4)11-18(12-25(26)34-27)28-16-7-20-9-17(28)10-21(8-16)33-20/h11-12,16-17,19-23H,5-10,13-15H2,1-4H3/t16?,17?,19-,20?,21?,22+,23+/m0/s1. The maximum atomic E-state index is 6.77. The van der Waals surface area contributed by atoms with E-state index in [1.165, 1.54) is 11.3 Å². The highest BCUT2D eigenvalue weighted by atomic mass is 16.7. The lowest BCUT2D eigenvalue weighted by Crippen LogP contribution is -2.62. The van der Waals surface area contributed by atoms with Gasteiger partial charge in [0.2, 0.25) is 0 Å². The zero-order valence-corrected chi connectivity index (χ0v) is 21.0. The van der Waals surface area contributed by atoms with E-state index in [0.717, 1.165) is 56.4 Å². The molecule has 34 heavy (non-hydrogen) atoms. The Kier molecular flexibility index (Phi) is 5.95. The van der Waals surface area contributed by atoms with Gasteiger partial charge in [-0.05, 0) is 58.8 Å². The van der Waals surface area contributed by atoms with Crippen LogP contribution in [0.3, 0.4) is 0 Å². The predicted octanol–water partition coefficient (Wildman–Crippen LogP) is 4.61. The molecule has 0 unspecified atom stereocenters. The number of methoxy groups -OCH3 is 2. The van der Waals surface area contributed by atoms with E-state index in [-0.39, 0.29) is 18.5 Å². The fraction of sp³-hybridized carbons (Fsp3) is 0.778. The lowest BCUT2D eigenvalue weighted by atomic mass is 9.66. The summed E-state index contributed by atoms with van der Waals surface area (Å²) in [7, 11) is 3.36. The van der Waals surface area contributed by atoms with Gasteiger partial charge in [-0.25, -0.2) is 0 Å². The van der Waals surface area contributed by atoms with Crippen LogP contribution in [0.5, 0.6) is 11.5 Å². The summed E-state index contributed by atoms with van der Waals surface area (Å²) in [6.07, 6.45) is 8.57. The number of fused-ring (bicyclic) bond motifs is 3. The van der Waals surface area contributed by atoms with Gasteiger partial charge >= 0.3 is 0 Å². The van der Waals surface area contributed by atoms with Crippen molar-refractivity contribution < 1.29 is 28.4 Å². The highest BCUT2D eigenvalue weighted by Gasteiger charge is 2.50. The molecule has 7 rings (SSSR count). The maximum absolute atomic E-state index is 6.77. The first kappa shape index (κ1) is 22.9. The third-order valence-electron chi connectivity index (χ3n) is 8.89. The number of rotatable bonds is 7. The molecule has 1 aromatic rings. The topological polar surface area (TPSA) is 58.6 Å². The van der Waals surface area contributed by atoms with Crippen LogP contribution in [-0.4, -0.2) is 63.8 Å². The van der Waals surface area contributed by atoms with Crippen molar-refractivity contribution >= 4 is 5.69 Å². The summed E-state index contributed by atoms with van der Waals surface area (Å²) in [4.78, 5) is 2.64. The van der Waals surface area contributed by atoms with Crippen LogP contribution in [-0.2, 0) is 18.9 Å². The summed E-state index contributed by atoms with van der Waals surface area (Å²) in [5, 5.41) is 0. The second-order valence-corrected chi connectivity index (χ2v) is 11.4. The average Bonchev–Trinajstić information content (AvgIpc) is 2.80. The molecular weight excluding hydrogens is 434 g/mol. The molecule has 1 saturated carbocycles.